The van der Waals surface area contributed by atoms with Crippen LogP contribution in [-0.4, -0.2) is 35.2 Å². The molecular formula is C20H20N2O5. The SMILES string of the molecule is CCOC(=O)c1c[nH]c2c(C(=O)OC)c(C)n(Cc3ccccc3)c2c1=O. The Morgan fingerprint density at radius 1 is 1.15 bits per heavy atom. The van der Waals surface area contributed by atoms with Crippen molar-refractivity contribution < 1.29 is 19.1 Å². The quantitative estimate of drug-likeness (QED) is 0.699. The van der Waals surface area contributed by atoms with Gasteiger partial charge in [0.15, 0.2) is 0 Å². The van der Waals surface area contributed by atoms with Gasteiger partial charge in [0.1, 0.15) is 16.6 Å². The van der Waals surface area contributed by atoms with Crippen LogP contribution in [0.2, 0.25) is 0 Å². The summed E-state index contributed by atoms with van der Waals surface area (Å²) in [6.45, 7) is 3.94. The molecule has 0 unspecified atom stereocenters. The number of hydrogen-bond donors (Lipinski definition) is 1. The Kier molecular flexibility index (Phi) is 5.12. The van der Waals surface area contributed by atoms with Crippen molar-refractivity contribution in [2.24, 2.45) is 0 Å². The summed E-state index contributed by atoms with van der Waals surface area (Å²) in [6.07, 6.45) is 1.28. The van der Waals surface area contributed by atoms with Crippen LogP contribution in [0, 0.1) is 6.92 Å². The molecule has 0 amide bonds. The number of nitrogens with zero attached hydrogens (tertiary/aromatic N) is 1. The number of benzene rings is 1. The number of methoxy groups -OCH3 is 1. The molecule has 1 N–H and O–H groups in total. The highest BCUT2D eigenvalue weighted by Gasteiger charge is 2.25. The fraction of sp³-hybridized carbons (Fsp3) is 0.250. The number of H-pyrrole nitrogens is 1. The Balaban J connectivity index is 2.29. The molecule has 0 spiro atoms. The van der Waals surface area contributed by atoms with Crippen LogP contribution in [0.1, 0.15) is 38.9 Å². The molecule has 0 aliphatic carbocycles. The molecule has 0 aliphatic heterocycles. The van der Waals surface area contributed by atoms with Gasteiger partial charge in [-0.05, 0) is 19.4 Å². The van der Waals surface area contributed by atoms with Crippen LogP contribution in [-0.2, 0) is 16.0 Å². The van der Waals surface area contributed by atoms with E-state index in [1.165, 1.54) is 13.3 Å². The van der Waals surface area contributed by atoms with E-state index in [0.29, 0.717) is 17.8 Å². The van der Waals surface area contributed by atoms with Gasteiger partial charge in [-0.3, -0.25) is 4.79 Å². The number of esters is 2. The average Bonchev–Trinajstić information content (AvgIpc) is 2.95. The lowest BCUT2D eigenvalue weighted by molar-refractivity contribution is 0.0523. The first-order chi connectivity index (χ1) is 13.0. The Hall–Kier alpha value is -3.35. The van der Waals surface area contributed by atoms with Crippen molar-refractivity contribution in [3.63, 3.8) is 0 Å². The van der Waals surface area contributed by atoms with E-state index in [1.807, 2.05) is 30.3 Å². The first-order valence-corrected chi connectivity index (χ1v) is 8.53. The van der Waals surface area contributed by atoms with Crippen molar-refractivity contribution in [3.8, 4) is 0 Å². The molecule has 3 rings (SSSR count). The van der Waals surface area contributed by atoms with E-state index in [2.05, 4.69) is 4.98 Å². The minimum Gasteiger partial charge on any atom is -0.465 e. The topological polar surface area (TPSA) is 90.4 Å². The minimum absolute atomic E-state index is 0.104. The fourth-order valence-corrected chi connectivity index (χ4v) is 3.13. The standard InChI is InChI=1S/C20H20N2O5/c1-4-27-19(24)14-10-21-16-15(20(25)26-3)12(2)22(17(16)18(14)23)11-13-8-6-5-7-9-13/h5-10H,4,11H2,1-3H3,(H,21,23). The second kappa shape index (κ2) is 7.49. The van der Waals surface area contributed by atoms with Crippen LogP contribution >= 0.6 is 0 Å². The van der Waals surface area contributed by atoms with Crippen LogP contribution < -0.4 is 5.43 Å². The zero-order valence-corrected chi connectivity index (χ0v) is 15.4. The van der Waals surface area contributed by atoms with Crippen molar-refractivity contribution in [2.45, 2.75) is 20.4 Å². The van der Waals surface area contributed by atoms with Gasteiger partial charge < -0.3 is 19.0 Å². The molecule has 0 fully saturated rings. The lowest BCUT2D eigenvalue weighted by Gasteiger charge is -2.09. The molecule has 0 saturated carbocycles. The molecule has 0 radical (unpaired) electrons. The smallest absolute Gasteiger partial charge is 0.343 e. The van der Waals surface area contributed by atoms with E-state index in [9.17, 15) is 14.4 Å². The zero-order valence-electron chi connectivity index (χ0n) is 15.4. The summed E-state index contributed by atoms with van der Waals surface area (Å²) < 4.78 is 11.6. The summed E-state index contributed by atoms with van der Waals surface area (Å²) in [7, 11) is 1.28. The zero-order chi connectivity index (χ0) is 19.6. The highest BCUT2D eigenvalue weighted by atomic mass is 16.5. The van der Waals surface area contributed by atoms with E-state index in [0.717, 1.165) is 5.56 Å². The molecule has 0 bridgehead atoms. The van der Waals surface area contributed by atoms with Gasteiger partial charge in [-0.2, -0.15) is 0 Å². The molecule has 27 heavy (non-hydrogen) atoms. The summed E-state index contributed by atoms with van der Waals surface area (Å²) in [6, 6.07) is 9.53. The van der Waals surface area contributed by atoms with Crippen LogP contribution in [0.25, 0.3) is 11.0 Å². The van der Waals surface area contributed by atoms with E-state index in [-0.39, 0.29) is 23.3 Å². The predicted octanol–water partition coefficient (Wildman–Crippen LogP) is 2.65. The molecule has 2 aromatic heterocycles. The molecule has 7 heteroatoms. The number of fused-ring (bicyclic) bond motifs is 1. The van der Waals surface area contributed by atoms with Gasteiger partial charge in [0.05, 0.1) is 19.2 Å². The Morgan fingerprint density at radius 2 is 1.85 bits per heavy atom. The van der Waals surface area contributed by atoms with Gasteiger partial charge in [0.25, 0.3) is 0 Å². The molecule has 1 aromatic carbocycles. The first-order valence-electron chi connectivity index (χ1n) is 8.53. The summed E-state index contributed by atoms with van der Waals surface area (Å²) >= 11 is 0. The molecule has 3 aromatic rings. The van der Waals surface area contributed by atoms with E-state index >= 15 is 0 Å². The number of rotatable bonds is 5. The average molecular weight is 368 g/mol. The summed E-state index contributed by atoms with van der Waals surface area (Å²) in [5.74, 6) is -1.26. The van der Waals surface area contributed by atoms with Crippen LogP contribution in [0.3, 0.4) is 0 Å². The van der Waals surface area contributed by atoms with Crippen molar-refractivity contribution in [1.29, 1.82) is 0 Å². The van der Waals surface area contributed by atoms with Gasteiger partial charge in [-0.25, -0.2) is 9.59 Å². The van der Waals surface area contributed by atoms with Gasteiger partial charge in [-0.1, -0.05) is 30.3 Å². The third-order valence-corrected chi connectivity index (χ3v) is 4.41. The van der Waals surface area contributed by atoms with E-state index in [4.69, 9.17) is 9.47 Å². The van der Waals surface area contributed by atoms with Gasteiger partial charge in [0.2, 0.25) is 5.43 Å². The molecule has 2 heterocycles. The normalized spacial score (nSPS) is 10.8. The third kappa shape index (κ3) is 3.23. The summed E-state index contributed by atoms with van der Waals surface area (Å²) in [5.41, 5.74) is 1.79. The molecule has 140 valence electrons. The van der Waals surface area contributed by atoms with E-state index < -0.39 is 17.4 Å². The Morgan fingerprint density at radius 3 is 2.48 bits per heavy atom. The fourth-order valence-electron chi connectivity index (χ4n) is 3.13. The van der Waals surface area contributed by atoms with Crippen LogP contribution in [0.5, 0.6) is 0 Å². The highest BCUT2D eigenvalue weighted by molar-refractivity contribution is 6.05. The maximum Gasteiger partial charge on any atom is 0.343 e. The van der Waals surface area contributed by atoms with Gasteiger partial charge >= 0.3 is 11.9 Å². The van der Waals surface area contributed by atoms with Crippen LogP contribution in [0.4, 0.5) is 0 Å². The second-order valence-corrected chi connectivity index (χ2v) is 6.00. The number of hydrogen-bond acceptors (Lipinski definition) is 5. The molecule has 0 saturated heterocycles. The van der Waals surface area contributed by atoms with Crippen LogP contribution in [0.15, 0.2) is 41.3 Å². The van der Waals surface area contributed by atoms with E-state index in [1.54, 1.807) is 18.4 Å². The van der Waals surface area contributed by atoms with Crippen molar-refractivity contribution in [1.82, 2.24) is 9.55 Å². The Labute approximate surface area is 155 Å². The number of carbonyl (C=O) groups is 2. The van der Waals surface area contributed by atoms with Crippen molar-refractivity contribution >= 4 is 23.0 Å². The minimum atomic E-state index is -0.703. The van der Waals surface area contributed by atoms with Crippen molar-refractivity contribution in [3.05, 3.63) is 69.1 Å². The lowest BCUT2D eigenvalue weighted by atomic mass is 10.2. The largest absolute Gasteiger partial charge is 0.465 e. The highest BCUT2D eigenvalue weighted by Crippen LogP contribution is 2.24. The van der Waals surface area contributed by atoms with Crippen molar-refractivity contribution in [2.75, 3.05) is 13.7 Å². The lowest BCUT2D eigenvalue weighted by Crippen LogP contribution is -2.20. The maximum absolute atomic E-state index is 13.0. The number of pyridine rings is 1. The van der Waals surface area contributed by atoms with Gasteiger partial charge in [0, 0.05) is 18.4 Å². The predicted molar refractivity (Wildman–Crippen MR) is 100 cm³/mol. The number of carbonyl (C=O) groups excluding carboxylic acids is 2. The maximum atomic E-state index is 13.0. The number of aromatic nitrogens is 2. The Bertz CT molecular complexity index is 1060. The number of nitrogens with one attached hydrogen (secondary N) is 1. The molecular weight excluding hydrogens is 348 g/mol. The third-order valence-electron chi connectivity index (χ3n) is 4.41. The summed E-state index contributed by atoms with van der Waals surface area (Å²) in [4.78, 5) is 40.4. The molecule has 0 atom stereocenters. The number of aromatic amines is 1. The molecule has 0 aliphatic rings. The molecule has 7 nitrogen and oxygen atoms in total. The second-order valence-electron chi connectivity index (χ2n) is 6.00. The summed E-state index contributed by atoms with van der Waals surface area (Å²) in [5, 5.41) is 0. The van der Waals surface area contributed by atoms with Gasteiger partial charge in [-0.15, -0.1) is 0 Å². The first kappa shape index (κ1) is 18.4. The number of ether oxygens (including phenoxy) is 2. The monoisotopic (exact) mass is 368 g/mol.